The van der Waals surface area contributed by atoms with Crippen LogP contribution >= 0.6 is 0 Å². The summed E-state index contributed by atoms with van der Waals surface area (Å²) in [5.74, 6) is 0. The van der Waals surface area contributed by atoms with E-state index in [9.17, 15) is 0 Å². The molecule has 1 atom stereocenters. The zero-order valence-electron chi connectivity index (χ0n) is 10.9. The van der Waals surface area contributed by atoms with Crippen molar-refractivity contribution in [2.24, 2.45) is 0 Å². The number of nitrogens with zero attached hydrogens (tertiary/aromatic N) is 2. The van der Waals surface area contributed by atoms with Gasteiger partial charge >= 0.3 is 0 Å². The smallest absolute Gasteiger partial charge is 0.0925 e. The van der Waals surface area contributed by atoms with Crippen LogP contribution < -0.4 is 0 Å². The van der Waals surface area contributed by atoms with E-state index in [1.54, 1.807) is 6.33 Å². The average molecular weight is 237 g/mol. The molecule has 96 valence electrons. The van der Waals surface area contributed by atoms with Crippen molar-refractivity contribution in [1.82, 2.24) is 14.9 Å². The van der Waals surface area contributed by atoms with Crippen molar-refractivity contribution < 1.29 is 4.74 Å². The highest BCUT2D eigenvalue weighted by Gasteiger charge is 2.19. The van der Waals surface area contributed by atoms with Gasteiger partial charge in [0, 0.05) is 25.4 Å². The molecule has 1 saturated heterocycles. The molecule has 1 fully saturated rings. The highest BCUT2D eigenvalue weighted by atomic mass is 16.5. The van der Waals surface area contributed by atoms with Gasteiger partial charge in [-0.15, -0.1) is 0 Å². The number of hydrogen-bond donors (Lipinski definition) is 1. The Kier molecular flexibility index (Phi) is 4.57. The van der Waals surface area contributed by atoms with Crippen LogP contribution in [-0.2, 0) is 11.3 Å². The van der Waals surface area contributed by atoms with Crippen LogP contribution in [0.25, 0.3) is 0 Å². The lowest BCUT2D eigenvalue weighted by atomic mass is 10.2. The molecule has 1 unspecified atom stereocenters. The van der Waals surface area contributed by atoms with E-state index in [-0.39, 0.29) is 0 Å². The van der Waals surface area contributed by atoms with Crippen LogP contribution in [-0.4, -0.2) is 40.7 Å². The van der Waals surface area contributed by atoms with Crippen LogP contribution in [0.3, 0.4) is 0 Å². The molecule has 4 nitrogen and oxygen atoms in total. The number of aromatic nitrogens is 2. The predicted octanol–water partition coefficient (Wildman–Crippen LogP) is 2.11. The third-order valence-electron chi connectivity index (χ3n) is 3.33. The van der Waals surface area contributed by atoms with Gasteiger partial charge in [-0.05, 0) is 32.7 Å². The second-order valence-electron chi connectivity index (χ2n) is 4.84. The van der Waals surface area contributed by atoms with Crippen LogP contribution in [0, 0.1) is 6.92 Å². The van der Waals surface area contributed by atoms with Gasteiger partial charge in [0.1, 0.15) is 0 Å². The minimum Gasteiger partial charge on any atom is -0.377 e. The summed E-state index contributed by atoms with van der Waals surface area (Å²) in [6.45, 7) is 8.33. The van der Waals surface area contributed by atoms with Crippen molar-refractivity contribution in [2.45, 2.75) is 45.8 Å². The zero-order chi connectivity index (χ0) is 12.1. The van der Waals surface area contributed by atoms with E-state index in [4.69, 9.17) is 4.74 Å². The van der Waals surface area contributed by atoms with E-state index in [1.165, 1.54) is 25.0 Å². The first kappa shape index (κ1) is 12.6. The van der Waals surface area contributed by atoms with Crippen LogP contribution in [0.15, 0.2) is 6.33 Å². The summed E-state index contributed by atoms with van der Waals surface area (Å²) >= 11 is 0. The number of nitrogens with one attached hydrogen (secondary N) is 1. The molecule has 1 aliphatic rings. The van der Waals surface area contributed by atoms with Crippen molar-refractivity contribution in [3.05, 3.63) is 17.7 Å². The SMILES string of the molecule is CCCN(Cc1nc[nH]c1C)CC1CCCO1. The fourth-order valence-corrected chi connectivity index (χ4v) is 2.39. The van der Waals surface area contributed by atoms with Gasteiger partial charge in [-0.2, -0.15) is 0 Å². The number of H-pyrrole nitrogens is 1. The van der Waals surface area contributed by atoms with Crippen LogP contribution in [0.2, 0.25) is 0 Å². The van der Waals surface area contributed by atoms with Gasteiger partial charge in [-0.25, -0.2) is 4.98 Å². The molecule has 2 heterocycles. The Labute approximate surface area is 103 Å². The molecule has 17 heavy (non-hydrogen) atoms. The van der Waals surface area contributed by atoms with Gasteiger partial charge in [0.05, 0.1) is 18.1 Å². The van der Waals surface area contributed by atoms with E-state index in [1.807, 2.05) is 0 Å². The van der Waals surface area contributed by atoms with Gasteiger partial charge in [0.2, 0.25) is 0 Å². The second kappa shape index (κ2) is 6.17. The molecule has 1 aliphatic heterocycles. The van der Waals surface area contributed by atoms with Crippen molar-refractivity contribution in [3.63, 3.8) is 0 Å². The van der Waals surface area contributed by atoms with Crippen LogP contribution in [0.5, 0.6) is 0 Å². The number of rotatable bonds is 6. The van der Waals surface area contributed by atoms with Gasteiger partial charge < -0.3 is 9.72 Å². The third-order valence-corrected chi connectivity index (χ3v) is 3.33. The fourth-order valence-electron chi connectivity index (χ4n) is 2.39. The summed E-state index contributed by atoms with van der Waals surface area (Å²) in [6, 6.07) is 0. The molecule has 0 saturated carbocycles. The first-order valence-electron chi connectivity index (χ1n) is 6.62. The van der Waals surface area contributed by atoms with Crippen molar-refractivity contribution >= 4 is 0 Å². The Morgan fingerprint density at radius 3 is 3.06 bits per heavy atom. The standard InChI is InChI=1S/C13H23N3O/c1-3-6-16(8-12-5-4-7-17-12)9-13-11(2)14-10-15-13/h10,12H,3-9H2,1-2H3,(H,14,15). The van der Waals surface area contributed by atoms with Crippen LogP contribution in [0.1, 0.15) is 37.6 Å². The average Bonchev–Trinajstić information content (AvgIpc) is 2.92. The number of imidazole rings is 1. The largest absolute Gasteiger partial charge is 0.377 e. The summed E-state index contributed by atoms with van der Waals surface area (Å²) in [7, 11) is 0. The van der Waals surface area contributed by atoms with E-state index < -0.39 is 0 Å². The predicted molar refractivity (Wildman–Crippen MR) is 67.9 cm³/mol. The summed E-state index contributed by atoms with van der Waals surface area (Å²) in [5.41, 5.74) is 2.34. The Balaban J connectivity index is 1.89. The zero-order valence-corrected chi connectivity index (χ0v) is 10.9. The first-order chi connectivity index (χ1) is 8.29. The molecule has 2 rings (SSSR count). The van der Waals surface area contributed by atoms with Crippen LogP contribution in [0.4, 0.5) is 0 Å². The minimum absolute atomic E-state index is 0.431. The summed E-state index contributed by atoms with van der Waals surface area (Å²) in [6.07, 6.45) is 5.81. The lowest BCUT2D eigenvalue weighted by Gasteiger charge is -2.24. The Morgan fingerprint density at radius 2 is 2.47 bits per heavy atom. The second-order valence-corrected chi connectivity index (χ2v) is 4.84. The molecule has 1 N–H and O–H groups in total. The van der Waals surface area contributed by atoms with Crippen molar-refractivity contribution in [1.29, 1.82) is 0 Å². The Morgan fingerprint density at radius 1 is 1.59 bits per heavy atom. The summed E-state index contributed by atoms with van der Waals surface area (Å²) in [5, 5.41) is 0. The van der Waals surface area contributed by atoms with Crippen molar-refractivity contribution in [3.8, 4) is 0 Å². The van der Waals surface area contributed by atoms with Crippen molar-refractivity contribution in [2.75, 3.05) is 19.7 Å². The Bertz CT molecular complexity index is 331. The Hall–Kier alpha value is -0.870. The monoisotopic (exact) mass is 237 g/mol. The normalized spacial score (nSPS) is 20.3. The minimum atomic E-state index is 0.431. The highest BCUT2D eigenvalue weighted by Crippen LogP contribution is 2.15. The molecular weight excluding hydrogens is 214 g/mol. The maximum Gasteiger partial charge on any atom is 0.0925 e. The maximum absolute atomic E-state index is 5.71. The topological polar surface area (TPSA) is 41.2 Å². The lowest BCUT2D eigenvalue weighted by molar-refractivity contribution is 0.0702. The van der Waals surface area contributed by atoms with Gasteiger partial charge in [-0.1, -0.05) is 6.92 Å². The maximum atomic E-state index is 5.71. The third kappa shape index (κ3) is 3.54. The molecule has 0 aliphatic carbocycles. The molecule has 1 aromatic heterocycles. The van der Waals surface area contributed by atoms with E-state index in [0.717, 1.165) is 31.9 Å². The number of aromatic amines is 1. The molecule has 0 aromatic carbocycles. The lowest BCUT2D eigenvalue weighted by Crippen LogP contribution is -2.32. The van der Waals surface area contributed by atoms with E-state index >= 15 is 0 Å². The molecule has 4 heteroatoms. The highest BCUT2D eigenvalue weighted by molar-refractivity contribution is 5.08. The van der Waals surface area contributed by atoms with E-state index in [0.29, 0.717) is 6.10 Å². The summed E-state index contributed by atoms with van der Waals surface area (Å²) < 4.78 is 5.71. The molecule has 0 radical (unpaired) electrons. The number of hydrogen-bond acceptors (Lipinski definition) is 3. The van der Waals surface area contributed by atoms with Gasteiger partial charge in [0.25, 0.3) is 0 Å². The molecule has 0 amide bonds. The molecule has 0 spiro atoms. The van der Waals surface area contributed by atoms with Gasteiger partial charge in [0.15, 0.2) is 0 Å². The summed E-state index contributed by atoms with van der Waals surface area (Å²) in [4.78, 5) is 9.97. The fraction of sp³-hybridized carbons (Fsp3) is 0.769. The first-order valence-corrected chi connectivity index (χ1v) is 6.62. The molecule has 0 bridgehead atoms. The molecule has 1 aromatic rings. The quantitative estimate of drug-likeness (QED) is 0.824. The number of ether oxygens (including phenoxy) is 1. The number of aryl methyl sites for hydroxylation is 1. The van der Waals surface area contributed by atoms with Gasteiger partial charge in [-0.3, -0.25) is 4.90 Å². The molecular formula is C13H23N3O. The van der Waals surface area contributed by atoms with E-state index in [2.05, 4.69) is 28.7 Å².